The zero-order chi connectivity index (χ0) is 21.1. The number of nitrogens with zero attached hydrogens (tertiary/aromatic N) is 1. The molecule has 3 aromatic carbocycles. The molecular weight excluding hydrogens is 372 g/mol. The lowest BCUT2D eigenvalue weighted by atomic mass is 9.97. The van der Waals surface area contributed by atoms with Gasteiger partial charge in [-0.15, -0.1) is 6.58 Å². The Hall–Kier alpha value is -3.27. The molecule has 30 heavy (non-hydrogen) atoms. The number of hydrogen-bond donors (Lipinski definition) is 1. The Morgan fingerprint density at radius 1 is 1.10 bits per heavy atom. The van der Waals surface area contributed by atoms with Crippen LogP contribution in [0.5, 0.6) is 5.75 Å². The van der Waals surface area contributed by atoms with Crippen LogP contribution in [0.25, 0.3) is 10.8 Å². The molecule has 0 spiro atoms. The Morgan fingerprint density at radius 2 is 1.87 bits per heavy atom. The van der Waals surface area contributed by atoms with Crippen LogP contribution in [0.1, 0.15) is 42.4 Å². The van der Waals surface area contributed by atoms with E-state index in [2.05, 4.69) is 43.9 Å². The minimum Gasteiger partial charge on any atom is -0.493 e. The summed E-state index contributed by atoms with van der Waals surface area (Å²) in [5.41, 5.74) is 2.51. The number of anilines is 1. The third-order valence-electron chi connectivity index (χ3n) is 5.50. The van der Waals surface area contributed by atoms with Gasteiger partial charge in [0.2, 0.25) is 0 Å². The zero-order valence-corrected chi connectivity index (χ0v) is 17.6. The maximum absolute atomic E-state index is 13.3. The third kappa shape index (κ3) is 3.78. The number of fused-ring (bicyclic) bond motifs is 2. The molecule has 1 N–H and O–H groups in total. The summed E-state index contributed by atoms with van der Waals surface area (Å²) < 4.78 is 6.26. The fraction of sp³-hybridized carbons (Fsp3) is 0.269. The van der Waals surface area contributed by atoms with Gasteiger partial charge in [0, 0.05) is 17.8 Å². The predicted octanol–water partition coefficient (Wildman–Crippen LogP) is 6.02. The number of benzene rings is 3. The third-order valence-corrected chi connectivity index (χ3v) is 5.50. The lowest BCUT2D eigenvalue weighted by molar-refractivity contribution is 0.0706. The van der Waals surface area contributed by atoms with Crippen LogP contribution in [0.3, 0.4) is 0 Å². The lowest BCUT2D eigenvalue weighted by Crippen LogP contribution is -2.43. The molecule has 1 aliphatic rings. The van der Waals surface area contributed by atoms with E-state index in [0.717, 1.165) is 34.2 Å². The molecule has 4 nitrogen and oxygen atoms in total. The van der Waals surface area contributed by atoms with Gasteiger partial charge in [0.15, 0.2) is 0 Å². The molecule has 0 saturated heterocycles. The predicted molar refractivity (Wildman–Crippen MR) is 123 cm³/mol. The number of amides is 1. The lowest BCUT2D eigenvalue weighted by Gasteiger charge is -2.38. The number of hydrogen-bond acceptors (Lipinski definition) is 3. The largest absolute Gasteiger partial charge is 0.493 e. The van der Waals surface area contributed by atoms with E-state index in [9.17, 15) is 4.79 Å². The zero-order valence-electron chi connectivity index (χ0n) is 17.6. The highest BCUT2D eigenvalue weighted by atomic mass is 16.5. The van der Waals surface area contributed by atoms with Gasteiger partial charge >= 0.3 is 0 Å². The van der Waals surface area contributed by atoms with Gasteiger partial charge in [-0.3, -0.25) is 4.79 Å². The highest BCUT2D eigenvalue weighted by Crippen LogP contribution is 2.40. The molecular formula is C26H28N2O2. The summed E-state index contributed by atoms with van der Waals surface area (Å²) >= 11 is 0. The van der Waals surface area contributed by atoms with Crippen molar-refractivity contribution >= 4 is 22.4 Å². The summed E-state index contributed by atoms with van der Waals surface area (Å²) in [6.45, 7) is 9.34. The Kier molecular flexibility index (Phi) is 5.75. The van der Waals surface area contributed by atoms with E-state index in [0.29, 0.717) is 24.6 Å². The van der Waals surface area contributed by atoms with Crippen molar-refractivity contribution in [2.24, 2.45) is 5.92 Å². The van der Waals surface area contributed by atoms with Crippen molar-refractivity contribution in [3.8, 4) is 5.75 Å². The smallest absolute Gasteiger partial charge is 0.258 e. The van der Waals surface area contributed by atoms with Gasteiger partial charge in [0.1, 0.15) is 11.9 Å². The molecule has 0 aromatic heterocycles. The number of nitrogens with one attached hydrogen (secondary N) is 1. The van der Waals surface area contributed by atoms with Gasteiger partial charge in [-0.1, -0.05) is 62.4 Å². The number of para-hydroxylation sites is 1. The van der Waals surface area contributed by atoms with E-state index in [1.807, 2.05) is 47.4 Å². The summed E-state index contributed by atoms with van der Waals surface area (Å²) in [4.78, 5) is 15.2. The molecule has 0 radical (unpaired) electrons. The molecule has 4 heteroatoms. The van der Waals surface area contributed by atoms with Gasteiger partial charge < -0.3 is 15.0 Å². The average Bonchev–Trinajstić information content (AvgIpc) is 2.75. The first-order valence-electron chi connectivity index (χ1n) is 10.5. The number of rotatable bonds is 7. The van der Waals surface area contributed by atoms with Crippen LogP contribution in [0.4, 0.5) is 5.69 Å². The van der Waals surface area contributed by atoms with Crippen molar-refractivity contribution in [3.05, 3.63) is 84.4 Å². The van der Waals surface area contributed by atoms with Crippen molar-refractivity contribution in [1.82, 2.24) is 4.90 Å². The topological polar surface area (TPSA) is 41.6 Å². The number of ether oxygens (including phenoxy) is 1. The first kappa shape index (κ1) is 20.0. The van der Waals surface area contributed by atoms with E-state index in [-0.39, 0.29) is 12.1 Å². The molecule has 1 heterocycles. The van der Waals surface area contributed by atoms with Crippen molar-refractivity contribution in [1.29, 1.82) is 0 Å². The molecule has 154 valence electrons. The SMILES string of the molecule is C=CCN1C(=O)c2ccccc2NC1c1c(OCCC(C)C)ccc2ccccc12. The van der Waals surface area contributed by atoms with E-state index in [1.54, 1.807) is 6.08 Å². The Balaban J connectivity index is 1.85. The van der Waals surface area contributed by atoms with Gasteiger partial charge in [0.05, 0.1) is 12.2 Å². The molecule has 1 unspecified atom stereocenters. The summed E-state index contributed by atoms with van der Waals surface area (Å²) in [5.74, 6) is 1.37. The highest BCUT2D eigenvalue weighted by molar-refractivity contribution is 6.02. The average molecular weight is 401 g/mol. The van der Waals surface area contributed by atoms with Crippen LogP contribution in [-0.2, 0) is 0 Å². The quantitative estimate of drug-likeness (QED) is 0.493. The first-order chi connectivity index (χ1) is 14.6. The van der Waals surface area contributed by atoms with Gasteiger partial charge in [0.25, 0.3) is 5.91 Å². The second-order valence-corrected chi connectivity index (χ2v) is 8.07. The fourth-order valence-corrected chi connectivity index (χ4v) is 3.94. The van der Waals surface area contributed by atoms with Gasteiger partial charge in [-0.05, 0) is 41.3 Å². The van der Waals surface area contributed by atoms with Crippen LogP contribution in [0.2, 0.25) is 0 Å². The molecule has 0 bridgehead atoms. The van der Waals surface area contributed by atoms with Crippen molar-refractivity contribution in [2.75, 3.05) is 18.5 Å². The summed E-state index contributed by atoms with van der Waals surface area (Å²) in [5, 5.41) is 5.79. The fourth-order valence-electron chi connectivity index (χ4n) is 3.94. The van der Waals surface area contributed by atoms with Crippen molar-refractivity contribution in [2.45, 2.75) is 26.4 Å². The van der Waals surface area contributed by atoms with E-state index < -0.39 is 0 Å². The summed E-state index contributed by atoms with van der Waals surface area (Å²) in [6, 6.07) is 20.0. The molecule has 0 fully saturated rings. The normalized spacial score (nSPS) is 15.8. The van der Waals surface area contributed by atoms with Gasteiger partial charge in [-0.25, -0.2) is 0 Å². The highest BCUT2D eigenvalue weighted by Gasteiger charge is 2.34. The van der Waals surface area contributed by atoms with Crippen LogP contribution in [-0.4, -0.2) is 24.0 Å². The molecule has 3 aromatic rings. The van der Waals surface area contributed by atoms with Crippen LogP contribution in [0.15, 0.2) is 73.3 Å². The molecule has 1 aliphatic heterocycles. The second-order valence-electron chi connectivity index (χ2n) is 8.07. The standard InChI is InChI=1S/C26H28N2O2/c1-4-16-28-25(27-22-12-8-7-11-21(22)26(28)29)24-20-10-6-5-9-19(20)13-14-23(24)30-17-15-18(2)3/h4-14,18,25,27H,1,15-17H2,2-3H3. The number of carbonyl (C=O) groups excluding carboxylic acids is 1. The van der Waals surface area contributed by atoms with E-state index >= 15 is 0 Å². The Morgan fingerprint density at radius 3 is 2.67 bits per heavy atom. The van der Waals surface area contributed by atoms with Crippen LogP contribution in [0, 0.1) is 5.92 Å². The van der Waals surface area contributed by atoms with E-state index in [4.69, 9.17) is 4.74 Å². The van der Waals surface area contributed by atoms with Crippen molar-refractivity contribution < 1.29 is 9.53 Å². The molecule has 1 atom stereocenters. The number of carbonyl (C=O) groups is 1. The minimum absolute atomic E-state index is 0.00434. The van der Waals surface area contributed by atoms with Gasteiger partial charge in [-0.2, -0.15) is 0 Å². The summed E-state index contributed by atoms with van der Waals surface area (Å²) in [7, 11) is 0. The minimum atomic E-state index is -0.342. The monoisotopic (exact) mass is 400 g/mol. The van der Waals surface area contributed by atoms with Crippen LogP contribution >= 0.6 is 0 Å². The van der Waals surface area contributed by atoms with Crippen molar-refractivity contribution in [3.63, 3.8) is 0 Å². The second kappa shape index (κ2) is 8.62. The van der Waals surface area contributed by atoms with E-state index in [1.165, 1.54) is 0 Å². The maximum atomic E-state index is 13.3. The molecule has 4 rings (SSSR count). The first-order valence-corrected chi connectivity index (χ1v) is 10.5. The van der Waals surface area contributed by atoms with Crippen LogP contribution < -0.4 is 10.1 Å². The molecule has 0 aliphatic carbocycles. The molecule has 1 amide bonds. The maximum Gasteiger partial charge on any atom is 0.258 e. The molecule has 0 saturated carbocycles. The Bertz CT molecular complexity index is 1070. The summed E-state index contributed by atoms with van der Waals surface area (Å²) in [6.07, 6.45) is 2.40. The Labute approximate surface area is 178 Å².